The van der Waals surface area contributed by atoms with E-state index in [1.54, 1.807) is 0 Å². The number of rotatable bonds is 2. The second kappa shape index (κ2) is 4.86. The quantitative estimate of drug-likeness (QED) is 0.904. The molecular weight excluding hydrogens is 268 g/mol. The summed E-state index contributed by atoms with van der Waals surface area (Å²) in [5, 5.41) is 10.3. The maximum Gasteiger partial charge on any atom is 0.0841 e. The highest BCUT2D eigenvalue weighted by molar-refractivity contribution is 9.10. The van der Waals surface area contributed by atoms with Gasteiger partial charge in [0.15, 0.2) is 0 Å². The summed E-state index contributed by atoms with van der Waals surface area (Å²) < 4.78 is 6.45. The first kappa shape index (κ1) is 12.1. The van der Waals surface area contributed by atoms with Gasteiger partial charge in [0, 0.05) is 17.0 Å². The van der Waals surface area contributed by atoms with Crippen LogP contribution in [0.15, 0.2) is 16.6 Å². The van der Waals surface area contributed by atoms with Crippen LogP contribution in [0, 0.1) is 19.8 Å². The second-order valence-corrected chi connectivity index (χ2v) is 5.33. The fourth-order valence-electron chi connectivity index (χ4n) is 2.22. The minimum Gasteiger partial charge on any atom is -0.388 e. The number of halogens is 1. The van der Waals surface area contributed by atoms with Crippen LogP contribution in [0.1, 0.15) is 29.2 Å². The van der Waals surface area contributed by atoms with Crippen LogP contribution in [0.4, 0.5) is 0 Å². The Hall–Kier alpha value is -0.380. The Bertz CT molecular complexity index is 361. The van der Waals surface area contributed by atoms with Crippen LogP contribution in [0.3, 0.4) is 0 Å². The van der Waals surface area contributed by atoms with Crippen LogP contribution in [0.25, 0.3) is 0 Å². The van der Waals surface area contributed by atoms with Crippen molar-refractivity contribution in [1.82, 2.24) is 0 Å². The number of aryl methyl sites for hydroxylation is 2. The van der Waals surface area contributed by atoms with Crippen LogP contribution in [0.2, 0.25) is 0 Å². The molecule has 1 saturated heterocycles. The molecule has 16 heavy (non-hydrogen) atoms. The molecule has 0 aliphatic carbocycles. The topological polar surface area (TPSA) is 29.5 Å². The third-order valence-electron chi connectivity index (χ3n) is 3.21. The van der Waals surface area contributed by atoms with E-state index in [0.717, 1.165) is 23.1 Å². The molecule has 0 amide bonds. The Morgan fingerprint density at radius 3 is 2.50 bits per heavy atom. The number of aliphatic hydroxyl groups is 1. The fourth-order valence-corrected chi connectivity index (χ4v) is 2.45. The van der Waals surface area contributed by atoms with Crippen molar-refractivity contribution in [2.45, 2.75) is 26.4 Å². The van der Waals surface area contributed by atoms with Gasteiger partial charge in [-0.05, 0) is 37.0 Å². The number of ether oxygens (including phenoxy) is 1. The van der Waals surface area contributed by atoms with Crippen molar-refractivity contribution in [2.75, 3.05) is 13.2 Å². The van der Waals surface area contributed by atoms with Gasteiger partial charge >= 0.3 is 0 Å². The van der Waals surface area contributed by atoms with Gasteiger partial charge in [0.05, 0.1) is 12.7 Å². The van der Waals surface area contributed by atoms with Gasteiger partial charge in [0.1, 0.15) is 0 Å². The monoisotopic (exact) mass is 284 g/mol. The molecule has 1 fully saturated rings. The molecule has 1 aliphatic rings. The number of hydrogen-bond donors (Lipinski definition) is 1. The van der Waals surface area contributed by atoms with Gasteiger partial charge in [0.2, 0.25) is 0 Å². The Morgan fingerprint density at radius 2 is 2.00 bits per heavy atom. The van der Waals surface area contributed by atoms with Crippen LogP contribution in [-0.2, 0) is 4.74 Å². The van der Waals surface area contributed by atoms with Crippen molar-refractivity contribution in [3.63, 3.8) is 0 Å². The summed E-state index contributed by atoms with van der Waals surface area (Å²) in [5.41, 5.74) is 3.36. The maximum absolute atomic E-state index is 10.3. The van der Waals surface area contributed by atoms with E-state index < -0.39 is 6.10 Å². The van der Waals surface area contributed by atoms with E-state index in [1.165, 1.54) is 11.1 Å². The lowest BCUT2D eigenvalue weighted by Gasteiger charge is -2.18. The molecule has 0 radical (unpaired) electrons. The van der Waals surface area contributed by atoms with Gasteiger partial charge in [-0.2, -0.15) is 0 Å². The van der Waals surface area contributed by atoms with Gasteiger partial charge in [-0.15, -0.1) is 0 Å². The molecular formula is C13H17BrO2. The van der Waals surface area contributed by atoms with Crippen LogP contribution >= 0.6 is 15.9 Å². The molecule has 1 N–H and O–H groups in total. The van der Waals surface area contributed by atoms with E-state index in [9.17, 15) is 5.11 Å². The lowest BCUT2D eigenvalue weighted by Crippen LogP contribution is -2.12. The highest BCUT2D eigenvalue weighted by atomic mass is 79.9. The molecule has 1 aromatic rings. The SMILES string of the molecule is Cc1cc(C(O)C2CCOC2)cc(C)c1Br. The van der Waals surface area contributed by atoms with Crippen LogP contribution < -0.4 is 0 Å². The van der Waals surface area contributed by atoms with E-state index in [4.69, 9.17) is 4.74 Å². The predicted molar refractivity (Wildman–Crippen MR) is 67.5 cm³/mol. The molecule has 1 aromatic carbocycles. The number of benzene rings is 1. The lowest BCUT2D eigenvalue weighted by molar-refractivity contribution is 0.0917. The summed E-state index contributed by atoms with van der Waals surface area (Å²) in [6.07, 6.45) is 0.558. The molecule has 0 aromatic heterocycles. The molecule has 1 heterocycles. The lowest BCUT2D eigenvalue weighted by atomic mass is 9.93. The van der Waals surface area contributed by atoms with Gasteiger partial charge in [-0.25, -0.2) is 0 Å². The Labute approximate surface area is 105 Å². The summed E-state index contributed by atoms with van der Waals surface area (Å²) in [5.74, 6) is 0.250. The summed E-state index contributed by atoms with van der Waals surface area (Å²) in [6, 6.07) is 4.11. The molecule has 2 nitrogen and oxygen atoms in total. The minimum absolute atomic E-state index is 0.250. The third kappa shape index (κ3) is 2.31. The molecule has 0 spiro atoms. The Morgan fingerprint density at radius 1 is 1.38 bits per heavy atom. The van der Waals surface area contributed by atoms with Gasteiger partial charge in [-0.1, -0.05) is 28.1 Å². The molecule has 3 heteroatoms. The standard InChI is InChI=1S/C13H17BrO2/c1-8-5-11(6-9(2)12(8)14)13(15)10-3-4-16-7-10/h5-6,10,13,15H,3-4,7H2,1-2H3. The van der Waals surface area contributed by atoms with Crippen molar-refractivity contribution in [2.24, 2.45) is 5.92 Å². The van der Waals surface area contributed by atoms with Crippen LogP contribution in [0.5, 0.6) is 0 Å². The van der Waals surface area contributed by atoms with Crippen molar-refractivity contribution in [1.29, 1.82) is 0 Å². The molecule has 88 valence electrons. The van der Waals surface area contributed by atoms with E-state index in [1.807, 2.05) is 0 Å². The minimum atomic E-state index is -0.395. The van der Waals surface area contributed by atoms with Crippen molar-refractivity contribution >= 4 is 15.9 Å². The van der Waals surface area contributed by atoms with E-state index in [0.29, 0.717) is 6.61 Å². The first-order chi connectivity index (χ1) is 7.59. The van der Waals surface area contributed by atoms with E-state index in [-0.39, 0.29) is 5.92 Å². The summed E-state index contributed by atoms with van der Waals surface area (Å²) in [4.78, 5) is 0. The molecule has 1 aliphatic heterocycles. The van der Waals surface area contributed by atoms with Crippen molar-refractivity contribution < 1.29 is 9.84 Å². The first-order valence-electron chi connectivity index (χ1n) is 5.62. The van der Waals surface area contributed by atoms with Gasteiger partial charge in [-0.3, -0.25) is 0 Å². The zero-order valence-electron chi connectivity index (χ0n) is 9.66. The highest BCUT2D eigenvalue weighted by Crippen LogP contribution is 2.32. The molecule has 0 saturated carbocycles. The zero-order valence-corrected chi connectivity index (χ0v) is 11.3. The molecule has 2 unspecified atom stereocenters. The van der Waals surface area contributed by atoms with Crippen LogP contribution in [-0.4, -0.2) is 18.3 Å². The van der Waals surface area contributed by atoms with Crippen molar-refractivity contribution in [3.05, 3.63) is 33.3 Å². The summed E-state index contributed by atoms with van der Waals surface area (Å²) >= 11 is 3.54. The number of hydrogen-bond acceptors (Lipinski definition) is 2. The van der Waals surface area contributed by atoms with Crippen molar-refractivity contribution in [3.8, 4) is 0 Å². The largest absolute Gasteiger partial charge is 0.388 e. The smallest absolute Gasteiger partial charge is 0.0841 e. The molecule has 2 rings (SSSR count). The number of aliphatic hydroxyl groups excluding tert-OH is 1. The van der Waals surface area contributed by atoms with Gasteiger partial charge in [0.25, 0.3) is 0 Å². The molecule has 0 bridgehead atoms. The normalized spacial score (nSPS) is 22.4. The molecule has 2 atom stereocenters. The predicted octanol–water partition coefficient (Wildman–Crippen LogP) is 3.14. The Kier molecular flexibility index (Phi) is 3.67. The first-order valence-corrected chi connectivity index (χ1v) is 6.41. The average molecular weight is 285 g/mol. The van der Waals surface area contributed by atoms with E-state index in [2.05, 4.69) is 41.9 Å². The Balaban J connectivity index is 2.26. The summed E-state index contributed by atoms with van der Waals surface area (Å²) in [7, 11) is 0. The third-order valence-corrected chi connectivity index (χ3v) is 4.46. The van der Waals surface area contributed by atoms with E-state index >= 15 is 0 Å². The maximum atomic E-state index is 10.3. The average Bonchev–Trinajstić information content (AvgIpc) is 2.77. The van der Waals surface area contributed by atoms with Gasteiger partial charge < -0.3 is 9.84 Å². The summed E-state index contributed by atoms with van der Waals surface area (Å²) in [6.45, 7) is 5.56. The highest BCUT2D eigenvalue weighted by Gasteiger charge is 2.25. The fraction of sp³-hybridized carbons (Fsp3) is 0.538. The zero-order chi connectivity index (χ0) is 11.7. The second-order valence-electron chi connectivity index (χ2n) is 4.54.